The van der Waals surface area contributed by atoms with Gasteiger partial charge in [0.05, 0.1) is 11.3 Å². The number of aryl methyl sites for hydroxylation is 1. The van der Waals surface area contributed by atoms with E-state index < -0.39 is 0 Å². The number of nitriles is 1. The highest BCUT2D eigenvalue weighted by molar-refractivity contribution is 8.00. The Hall–Kier alpha value is -2.29. The minimum atomic E-state index is -0.0918. The highest BCUT2D eigenvalue weighted by atomic mass is 32.2. The molecule has 0 aliphatic rings. The van der Waals surface area contributed by atoms with Crippen molar-refractivity contribution in [3.05, 3.63) is 58.5 Å². The maximum absolute atomic E-state index is 12.2. The molecule has 3 rings (SSSR count). The molecule has 3 aromatic rings. The third-order valence-electron chi connectivity index (χ3n) is 3.84. The molecule has 24 heavy (non-hydrogen) atoms. The summed E-state index contributed by atoms with van der Waals surface area (Å²) in [5, 5.41) is 15.1. The van der Waals surface area contributed by atoms with Crippen LogP contribution in [0.5, 0.6) is 0 Å². The van der Waals surface area contributed by atoms with Gasteiger partial charge in [0.1, 0.15) is 11.1 Å². The second-order valence-electron chi connectivity index (χ2n) is 5.44. The van der Waals surface area contributed by atoms with E-state index in [1.54, 1.807) is 0 Å². The predicted molar refractivity (Wildman–Crippen MR) is 102 cm³/mol. The molecule has 0 saturated carbocycles. The van der Waals surface area contributed by atoms with Crippen LogP contribution in [-0.4, -0.2) is 11.7 Å². The molecule has 1 aromatic heterocycles. The topological polar surface area (TPSA) is 52.9 Å². The molecule has 0 spiro atoms. The minimum absolute atomic E-state index is 0.0918. The Morgan fingerprint density at radius 3 is 2.71 bits per heavy atom. The molecule has 0 fully saturated rings. The number of thioether (sulfide) groups is 1. The number of benzene rings is 2. The third kappa shape index (κ3) is 3.45. The number of amides is 1. The van der Waals surface area contributed by atoms with Gasteiger partial charge in [-0.2, -0.15) is 5.26 Å². The predicted octanol–water partition coefficient (Wildman–Crippen LogP) is 5.12. The largest absolute Gasteiger partial charge is 0.316 e. The summed E-state index contributed by atoms with van der Waals surface area (Å²) in [5.41, 5.74) is 1.52. The van der Waals surface area contributed by atoms with Crippen LogP contribution in [0.25, 0.3) is 10.8 Å². The maximum atomic E-state index is 12.2. The van der Waals surface area contributed by atoms with Crippen LogP contribution in [0, 0.1) is 25.2 Å². The molecule has 1 N–H and O–H groups in total. The van der Waals surface area contributed by atoms with Crippen molar-refractivity contribution in [3.63, 3.8) is 0 Å². The van der Waals surface area contributed by atoms with E-state index in [1.807, 2.05) is 32.0 Å². The molecule has 0 bridgehead atoms. The summed E-state index contributed by atoms with van der Waals surface area (Å²) in [6.45, 7) is 3.87. The van der Waals surface area contributed by atoms with Crippen LogP contribution in [0.3, 0.4) is 0 Å². The molecule has 0 saturated heterocycles. The fraction of sp³-hybridized carbons (Fsp3) is 0.158. The first kappa shape index (κ1) is 16.6. The fourth-order valence-corrected chi connectivity index (χ4v) is 4.19. The van der Waals surface area contributed by atoms with E-state index in [0.29, 0.717) is 16.3 Å². The van der Waals surface area contributed by atoms with Gasteiger partial charge in [-0.15, -0.1) is 23.1 Å². The number of nitrogens with one attached hydrogen (secondary N) is 1. The van der Waals surface area contributed by atoms with E-state index in [1.165, 1.54) is 33.9 Å². The number of thiophene rings is 1. The van der Waals surface area contributed by atoms with E-state index in [4.69, 9.17) is 0 Å². The number of carbonyl (C=O) groups excluding carboxylic acids is 1. The van der Waals surface area contributed by atoms with Crippen molar-refractivity contribution in [2.24, 2.45) is 0 Å². The molecule has 2 aromatic carbocycles. The first-order valence-electron chi connectivity index (χ1n) is 7.50. The van der Waals surface area contributed by atoms with Crippen LogP contribution in [0.2, 0.25) is 0 Å². The summed E-state index contributed by atoms with van der Waals surface area (Å²) in [4.78, 5) is 14.3. The van der Waals surface area contributed by atoms with Crippen LogP contribution < -0.4 is 5.32 Å². The van der Waals surface area contributed by atoms with Gasteiger partial charge in [0.2, 0.25) is 5.91 Å². The molecule has 0 unspecified atom stereocenters. The second-order valence-corrected chi connectivity index (χ2v) is 7.72. The van der Waals surface area contributed by atoms with E-state index in [-0.39, 0.29) is 5.91 Å². The zero-order valence-electron chi connectivity index (χ0n) is 13.4. The molecule has 0 radical (unpaired) electrons. The Balaban J connectivity index is 1.67. The lowest BCUT2D eigenvalue weighted by molar-refractivity contribution is -0.113. The number of hydrogen-bond acceptors (Lipinski definition) is 4. The standard InChI is InChI=1S/C19H16N2OS2/c1-12-13(2)24-19(17(12)10-20)21-18(22)11-23-16-8-7-14-5-3-4-6-15(14)9-16/h3-9H,11H2,1-2H3,(H,21,22). The van der Waals surface area contributed by atoms with Gasteiger partial charge in [0.15, 0.2) is 0 Å². The summed E-state index contributed by atoms with van der Waals surface area (Å²) < 4.78 is 0. The number of fused-ring (bicyclic) bond motifs is 1. The molecular weight excluding hydrogens is 336 g/mol. The summed E-state index contributed by atoms with van der Waals surface area (Å²) in [7, 11) is 0. The normalized spacial score (nSPS) is 10.5. The Morgan fingerprint density at radius 2 is 1.96 bits per heavy atom. The third-order valence-corrected chi connectivity index (χ3v) is 5.96. The number of anilines is 1. The van der Waals surface area contributed by atoms with Gasteiger partial charge >= 0.3 is 0 Å². The average molecular weight is 352 g/mol. The highest BCUT2D eigenvalue weighted by Gasteiger charge is 2.14. The van der Waals surface area contributed by atoms with Crippen LogP contribution in [0.1, 0.15) is 16.0 Å². The van der Waals surface area contributed by atoms with Crippen molar-refractivity contribution in [2.45, 2.75) is 18.7 Å². The molecule has 1 heterocycles. The van der Waals surface area contributed by atoms with E-state index in [2.05, 4.69) is 35.7 Å². The van der Waals surface area contributed by atoms with Gasteiger partial charge < -0.3 is 5.32 Å². The van der Waals surface area contributed by atoms with Gasteiger partial charge in [-0.1, -0.05) is 30.3 Å². The smallest absolute Gasteiger partial charge is 0.235 e. The molecule has 5 heteroatoms. The number of hydrogen-bond donors (Lipinski definition) is 1. The van der Waals surface area contributed by atoms with Crippen molar-refractivity contribution >= 4 is 44.8 Å². The first-order chi connectivity index (χ1) is 11.6. The van der Waals surface area contributed by atoms with Crippen molar-refractivity contribution in [3.8, 4) is 6.07 Å². The summed E-state index contributed by atoms with van der Waals surface area (Å²) in [6.07, 6.45) is 0. The lowest BCUT2D eigenvalue weighted by Gasteiger charge is -2.05. The van der Waals surface area contributed by atoms with Crippen molar-refractivity contribution in [1.82, 2.24) is 0 Å². The van der Waals surface area contributed by atoms with E-state index in [0.717, 1.165) is 15.3 Å². The molecule has 0 aliphatic carbocycles. The second kappa shape index (κ2) is 7.08. The van der Waals surface area contributed by atoms with Gasteiger partial charge in [-0.05, 0) is 42.3 Å². The first-order valence-corrected chi connectivity index (χ1v) is 9.30. The van der Waals surface area contributed by atoms with Gasteiger partial charge in [-0.3, -0.25) is 4.79 Å². The number of carbonyl (C=O) groups is 1. The number of nitrogens with zero attached hydrogens (tertiary/aromatic N) is 1. The van der Waals surface area contributed by atoms with Crippen molar-refractivity contribution in [1.29, 1.82) is 5.26 Å². The number of rotatable bonds is 4. The SMILES string of the molecule is Cc1sc(NC(=O)CSc2ccc3ccccc3c2)c(C#N)c1C. The monoisotopic (exact) mass is 352 g/mol. The fourth-order valence-electron chi connectivity index (χ4n) is 2.42. The van der Waals surface area contributed by atoms with Gasteiger partial charge in [0, 0.05) is 9.77 Å². The Morgan fingerprint density at radius 1 is 1.21 bits per heavy atom. The van der Waals surface area contributed by atoms with Crippen LogP contribution in [0.4, 0.5) is 5.00 Å². The van der Waals surface area contributed by atoms with Gasteiger partial charge in [-0.25, -0.2) is 0 Å². The lowest BCUT2D eigenvalue weighted by Crippen LogP contribution is -2.13. The summed E-state index contributed by atoms with van der Waals surface area (Å²) in [5.74, 6) is 0.227. The molecule has 0 aliphatic heterocycles. The van der Waals surface area contributed by atoms with Gasteiger partial charge in [0.25, 0.3) is 0 Å². The minimum Gasteiger partial charge on any atom is -0.316 e. The Labute approximate surface area is 149 Å². The molecular formula is C19H16N2OS2. The van der Waals surface area contributed by atoms with E-state index >= 15 is 0 Å². The zero-order chi connectivity index (χ0) is 17.1. The Kier molecular flexibility index (Phi) is 4.89. The molecule has 120 valence electrons. The summed E-state index contributed by atoms with van der Waals surface area (Å²) >= 11 is 2.95. The lowest BCUT2D eigenvalue weighted by atomic mass is 10.1. The van der Waals surface area contributed by atoms with Crippen molar-refractivity contribution < 1.29 is 4.79 Å². The zero-order valence-corrected chi connectivity index (χ0v) is 15.1. The molecule has 0 atom stereocenters. The van der Waals surface area contributed by atoms with Crippen LogP contribution >= 0.6 is 23.1 Å². The average Bonchev–Trinajstić information content (AvgIpc) is 2.86. The van der Waals surface area contributed by atoms with Crippen molar-refractivity contribution in [2.75, 3.05) is 11.1 Å². The van der Waals surface area contributed by atoms with Crippen LogP contribution in [-0.2, 0) is 4.79 Å². The van der Waals surface area contributed by atoms with E-state index in [9.17, 15) is 10.1 Å². The quantitative estimate of drug-likeness (QED) is 0.663. The summed E-state index contributed by atoms with van der Waals surface area (Å²) in [6, 6.07) is 16.5. The molecule has 1 amide bonds. The maximum Gasteiger partial charge on any atom is 0.235 e. The van der Waals surface area contributed by atoms with Crippen LogP contribution in [0.15, 0.2) is 47.4 Å². The Bertz CT molecular complexity index is 954. The highest BCUT2D eigenvalue weighted by Crippen LogP contribution is 2.32. The molecule has 3 nitrogen and oxygen atoms in total.